The van der Waals surface area contributed by atoms with Crippen molar-refractivity contribution in [2.75, 3.05) is 7.11 Å². The minimum absolute atomic E-state index is 0.217. The molecule has 0 aromatic rings. The Morgan fingerprint density at radius 1 is 1.75 bits per heavy atom. The van der Waals surface area contributed by atoms with Gasteiger partial charge in [0.2, 0.25) is 6.29 Å². The Bertz CT molecular complexity index is 213. The quantitative estimate of drug-likeness (QED) is 0.272. The molecule has 0 amide bonds. The highest BCUT2D eigenvalue weighted by Gasteiger charge is 2.13. The van der Waals surface area contributed by atoms with E-state index in [0.29, 0.717) is 6.42 Å². The second-order valence-electron chi connectivity index (χ2n) is 2.07. The first-order valence-corrected chi connectivity index (χ1v) is 3.48. The van der Waals surface area contributed by atoms with Crippen LogP contribution in [0.4, 0.5) is 0 Å². The molecule has 0 fully saturated rings. The van der Waals surface area contributed by atoms with E-state index in [9.17, 15) is 4.79 Å². The van der Waals surface area contributed by atoms with Crippen molar-refractivity contribution in [3.05, 3.63) is 12.2 Å². The van der Waals surface area contributed by atoms with E-state index in [-0.39, 0.29) is 5.57 Å². The number of hydrogen-bond acceptors (Lipinski definition) is 4. The molecule has 0 saturated heterocycles. The molecule has 0 saturated carbocycles. The largest absolute Gasteiger partial charge is 0.432 e. The van der Waals surface area contributed by atoms with Gasteiger partial charge in [0, 0.05) is 13.5 Å². The molecule has 0 bridgehead atoms. The molecule has 0 radical (unpaired) electrons. The van der Waals surface area contributed by atoms with Crippen LogP contribution in [0, 0.1) is 11.3 Å². The molecule has 12 heavy (non-hydrogen) atoms. The van der Waals surface area contributed by atoms with Crippen LogP contribution in [0.3, 0.4) is 0 Å². The molecular formula is C8H11NO3. The van der Waals surface area contributed by atoms with Gasteiger partial charge in [-0.1, -0.05) is 13.5 Å². The van der Waals surface area contributed by atoms with Gasteiger partial charge in [-0.25, -0.2) is 4.79 Å². The van der Waals surface area contributed by atoms with E-state index in [1.165, 1.54) is 7.11 Å². The summed E-state index contributed by atoms with van der Waals surface area (Å²) in [6, 6.07) is 1.59. The van der Waals surface area contributed by atoms with E-state index >= 15 is 0 Å². The van der Waals surface area contributed by atoms with E-state index in [1.807, 2.05) is 0 Å². The van der Waals surface area contributed by atoms with Gasteiger partial charge < -0.3 is 9.47 Å². The first kappa shape index (κ1) is 10.7. The third kappa shape index (κ3) is 3.17. The topological polar surface area (TPSA) is 59.3 Å². The zero-order chi connectivity index (χ0) is 9.56. The lowest BCUT2D eigenvalue weighted by Gasteiger charge is -2.12. The Balaban J connectivity index is 4.00. The fourth-order valence-corrected chi connectivity index (χ4v) is 0.534. The maximum Gasteiger partial charge on any atom is 0.350 e. The van der Waals surface area contributed by atoms with Crippen LogP contribution in [-0.2, 0) is 14.3 Å². The molecule has 0 aromatic carbocycles. The van der Waals surface area contributed by atoms with Gasteiger partial charge in [0.1, 0.15) is 11.6 Å². The predicted octanol–water partition coefficient (Wildman–Crippen LogP) is 0.992. The summed E-state index contributed by atoms with van der Waals surface area (Å²) < 4.78 is 9.49. The van der Waals surface area contributed by atoms with Crippen LogP contribution < -0.4 is 0 Å². The lowest BCUT2D eigenvalue weighted by Crippen LogP contribution is -2.19. The standard InChI is InChI=1S/C8H11NO3/c1-4-7(11-3)12-8(10)6(2)5-9/h7H,2,4H2,1,3H3. The monoisotopic (exact) mass is 169 g/mol. The summed E-state index contributed by atoms with van der Waals surface area (Å²) in [4.78, 5) is 10.9. The van der Waals surface area contributed by atoms with Crippen molar-refractivity contribution >= 4 is 5.97 Å². The van der Waals surface area contributed by atoms with Crippen LogP contribution in [0.2, 0.25) is 0 Å². The van der Waals surface area contributed by atoms with Crippen molar-refractivity contribution in [3.8, 4) is 6.07 Å². The predicted molar refractivity (Wildman–Crippen MR) is 41.9 cm³/mol. The van der Waals surface area contributed by atoms with Crippen molar-refractivity contribution in [2.24, 2.45) is 0 Å². The molecule has 0 N–H and O–H groups in total. The van der Waals surface area contributed by atoms with Crippen LogP contribution in [0.1, 0.15) is 13.3 Å². The Labute approximate surface area is 71.4 Å². The van der Waals surface area contributed by atoms with E-state index in [2.05, 4.69) is 6.58 Å². The van der Waals surface area contributed by atoms with E-state index in [1.54, 1.807) is 13.0 Å². The van der Waals surface area contributed by atoms with Gasteiger partial charge in [-0.15, -0.1) is 0 Å². The maximum atomic E-state index is 10.9. The van der Waals surface area contributed by atoms with Crippen LogP contribution in [0.5, 0.6) is 0 Å². The molecule has 0 aliphatic rings. The van der Waals surface area contributed by atoms with E-state index < -0.39 is 12.3 Å². The van der Waals surface area contributed by atoms with Crippen LogP contribution in [0.25, 0.3) is 0 Å². The van der Waals surface area contributed by atoms with Crippen LogP contribution in [0.15, 0.2) is 12.2 Å². The van der Waals surface area contributed by atoms with Crippen LogP contribution in [-0.4, -0.2) is 19.4 Å². The lowest BCUT2D eigenvalue weighted by molar-refractivity contribution is -0.168. The molecule has 4 heteroatoms. The Hall–Kier alpha value is -1.34. The minimum Gasteiger partial charge on any atom is -0.432 e. The first-order chi connectivity index (χ1) is 5.65. The van der Waals surface area contributed by atoms with Crippen molar-refractivity contribution in [3.63, 3.8) is 0 Å². The van der Waals surface area contributed by atoms with E-state index in [4.69, 9.17) is 14.7 Å². The summed E-state index contributed by atoms with van der Waals surface area (Å²) in [5.74, 6) is -0.730. The van der Waals surface area contributed by atoms with Gasteiger partial charge in [0.05, 0.1) is 0 Å². The molecular weight excluding hydrogens is 158 g/mol. The fourth-order valence-electron chi connectivity index (χ4n) is 0.534. The molecule has 1 unspecified atom stereocenters. The zero-order valence-electron chi connectivity index (χ0n) is 7.16. The number of esters is 1. The average Bonchev–Trinajstić information content (AvgIpc) is 2.12. The molecule has 0 rings (SSSR count). The maximum absolute atomic E-state index is 10.9. The summed E-state index contributed by atoms with van der Waals surface area (Å²) in [5.41, 5.74) is -0.217. The number of ether oxygens (including phenoxy) is 2. The molecule has 0 heterocycles. The Kier molecular flexibility index (Phi) is 4.73. The smallest absolute Gasteiger partial charge is 0.350 e. The van der Waals surface area contributed by atoms with Crippen LogP contribution >= 0.6 is 0 Å². The summed E-state index contributed by atoms with van der Waals surface area (Å²) in [5, 5.41) is 8.27. The Morgan fingerprint density at radius 3 is 2.67 bits per heavy atom. The lowest BCUT2D eigenvalue weighted by atomic mass is 10.3. The summed E-state index contributed by atoms with van der Waals surface area (Å²) >= 11 is 0. The zero-order valence-corrected chi connectivity index (χ0v) is 7.16. The number of carbonyl (C=O) groups is 1. The molecule has 66 valence electrons. The Morgan fingerprint density at radius 2 is 2.33 bits per heavy atom. The molecule has 0 aliphatic heterocycles. The van der Waals surface area contributed by atoms with Crippen molar-refractivity contribution in [1.82, 2.24) is 0 Å². The van der Waals surface area contributed by atoms with Gasteiger partial charge in [-0.05, 0) is 0 Å². The van der Waals surface area contributed by atoms with Crippen molar-refractivity contribution in [1.29, 1.82) is 5.26 Å². The van der Waals surface area contributed by atoms with Gasteiger partial charge in [-0.2, -0.15) is 5.26 Å². The minimum atomic E-state index is -0.730. The first-order valence-electron chi connectivity index (χ1n) is 3.48. The SMILES string of the molecule is C=C(C#N)C(=O)OC(CC)OC. The molecule has 4 nitrogen and oxygen atoms in total. The normalized spacial score (nSPS) is 11.4. The third-order valence-corrected chi connectivity index (χ3v) is 1.22. The number of rotatable bonds is 4. The second kappa shape index (κ2) is 5.33. The number of hydrogen-bond donors (Lipinski definition) is 0. The molecule has 0 spiro atoms. The summed E-state index contributed by atoms with van der Waals surface area (Å²) in [6.45, 7) is 5.01. The number of methoxy groups -OCH3 is 1. The highest BCUT2D eigenvalue weighted by molar-refractivity contribution is 5.91. The molecule has 0 aromatic heterocycles. The molecule has 1 atom stereocenters. The summed E-state index contributed by atoms with van der Waals surface area (Å²) in [7, 11) is 1.43. The number of nitriles is 1. The highest BCUT2D eigenvalue weighted by Crippen LogP contribution is 2.02. The fraction of sp³-hybridized carbons (Fsp3) is 0.500. The van der Waals surface area contributed by atoms with Gasteiger partial charge in [-0.3, -0.25) is 0 Å². The van der Waals surface area contributed by atoms with Crippen molar-refractivity contribution < 1.29 is 14.3 Å². The van der Waals surface area contributed by atoms with Gasteiger partial charge in [0.15, 0.2) is 0 Å². The van der Waals surface area contributed by atoms with Gasteiger partial charge in [0.25, 0.3) is 0 Å². The molecule has 0 aliphatic carbocycles. The summed E-state index contributed by atoms with van der Waals surface area (Å²) in [6.07, 6.45) is -0.0522. The van der Waals surface area contributed by atoms with E-state index in [0.717, 1.165) is 0 Å². The number of nitrogens with zero attached hydrogens (tertiary/aromatic N) is 1. The average molecular weight is 169 g/mol. The third-order valence-electron chi connectivity index (χ3n) is 1.22. The number of carbonyl (C=O) groups excluding carboxylic acids is 1. The van der Waals surface area contributed by atoms with Gasteiger partial charge >= 0.3 is 5.97 Å². The second-order valence-corrected chi connectivity index (χ2v) is 2.07. The van der Waals surface area contributed by atoms with Crippen molar-refractivity contribution in [2.45, 2.75) is 19.6 Å². The highest BCUT2D eigenvalue weighted by atomic mass is 16.7.